The minimum atomic E-state index is 0.653. The summed E-state index contributed by atoms with van der Waals surface area (Å²) in [5, 5.41) is 0. The number of allylic oxidation sites excluding steroid dienone is 3. The highest BCUT2D eigenvalue weighted by molar-refractivity contribution is 5.50. The molecule has 0 nitrogen and oxygen atoms in total. The largest absolute Gasteiger partial charge is 0.0879 e. The fraction of sp³-hybridized carbons (Fsp3) is 0.333. The zero-order valence-corrected chi connectivity index (χ0v) is 9.32. The predicted octanol–water partition coefficient (Wildman–Crippen LogP) is 4.36. The van der Waals surface area contributed by atoms with E-state index in [4.69, 9.17) is 0 Å². The first-order valence-electron chi connectivity index (χ1n) is 5.76. The normalized spacial score (nSPS) is 21.0. The van der Waals surface area contributed by atoms with Crippen molar-refractivity contribution in [2.75, 3.05) is 0 Å². The molecule has 2 rings (SSSR count). The van der Waals surface area contributed by atoms with E-state index in [1.54, 1.807) is 0 Å². The van der Waals surface area contributed by atoms with Crippen LogP contribution in [0.3, 0.4) is 0 Å². The Morgan fingerprint density at radius 3 is 2.67 bits per heavy atom. The van der Waals surface area contributed by atoms with E-state index in [0.717, 1.165) is 0 Å². The zero-order valence-electron chi connectivity index (χ0n) is 9.32. The molecule has 1 aliphatic carbocycles. The molecule has 0 saturated carbocycles. The van der Waals surface area contributed by atoms with E-state index in [9.17, 15) is 0 Å². The van der Waals surface area contributed by atoms with E-state index in [2.05, 4.69) is 55.5 Å². The van der Waals surface area contributed by atoms with Crippen LogP contribution in [0.4, 0.5) is 0 Å². The standard InChI is InChI=1S/C15H18/c1-13-7-9-15(10-8-13)12-11-14-5-3-2-4-6-14/h3,5,7-12,14H,2,4,6H2,1H3. The molecule has 1 unspecified atom stereocenters. The second-order valence-electron chi connectivity index (χ2n) is 4.29. The first-order valence-corrected chi connectivity index (χ1v) is 5.76. The van der Waals surface area contributed by atoms with Gasteiger partial charge >= 0.3 is 0 Å². The van der Waals surface area contributed by atoms with Crippen LogP contribution in [-0.2, 0) is 0 Å². The van der Waals surface area contributed by atoms with E-state index >= 15 is 0 Å². The van der Waals surface area contributed by atoms with Crippen molar-refractivity contribution in [1.29, 1.82) is 0 Å². The van der Waals surface area contributed by atoms with Gasteiger partial charge in [0, 0.05) is 0 Å². The Bertz CT molecular complexity index is 354. The lowest BCUT2D eigenvalue weighted by Gasteiger charge is -2.11. The minimum Gasteiger partial charge on any atom is -0.0879 e. The van der Waals surface area contributed by atoms with E-state index in [1.165, 1.54) is 30.4 Å². The second kappa shape index (κ2) is 4.97. The number of hydrogen-bond acceptors (Lipinski definition) is 0. The Kier molecular flexibility index (Phi) is 3.39. The van der Waals surface area contributed by atoms with Crippen LogP contribution >= 0.6 is 0 Å². The van der Waals surface area contributed by atoms with Gasteiger partial charge in [-0.3, -0.25) is 0 Å². The molecular weight excluding hydrogens is 180 g/mol. The van der Waals surface area contributed by atoms with Gasteiger partial charge in [-0.1, -0.05) is 54.1 Å². The summed E-state index contributed by atoms with van der Waals surface area (Å²) in [7, 11) is 0. The highest BCUT2D eigenvalue weighted by Crippen LogP contribution is 2.19. The summed E-state index contributed by atoms with van der Waals surface area (Å²) in [5.41, 5.74) is 2.63. The van der Waals surface area contributed by atoms with Gasteiger partial charge in [0.2, 0.25) is 0 Å². The van der Waals surface area contributed by atoms with Crippen molar-refractivity contribution >= 4 is 6.08 Å². The molecule has 1 aromatic rings. The molecule has 0 bridgehead atoms. The third-order valence-electron chi connectivity index (χ3n) is 2.90. The predicted molar refractivity (Wildman–Crippen MR) is 66.7 cm³/mol. The molecule has 0 amide bonds. The van der Waals surface area contributed by atoms with Crippen molar-refractivity contribution in [3.05, 3.63) is 53.6 Å². The first kappa shape index (κ1) is 10.2. The van der Waals surface area contributed by atoms with Crippen molar-refractivity contribution < 1.29 is 0 Å². The fourth-order valence-corrected chi connectivity index (χ4v) is 1.91. The van der Waals surface area contributed by atoms with Gasteiger partial charge in [0.05, 0.1) is 0 Å². The molecule has 0 aromatic heterocycles. The Morgan fingerprint density at radius 1 is 1.20 bits per heavy atom. The molecule has 1 aromatic carbocycles. The average Bonchev–Trinajstić information content (AvgIpc) is 2.30. The summed E-state index contributed by atoms with van der Waals surface area (Å²) in [5.74, 6) is 0.653. The van der Waals surface area contributed by atoms with Gasteiger partial charge in [0.1, 0.15) is 0 Å². The first-order chi connectivity index (χ1) is 7.34. The summed E-state index contributed by atoms with van der Waals surface area (Å²) in [6.45, 7) is 2.12. The summed E-state index contributed by atoms with van der Waals surface area (Å²) in [6, 6.07) is 8.68. The molecule has 1 aliphatic rings. The molecule has 0 N–H and O–H groups in total. The van der Waals surface area contributed by atoms with Crippen molar-refractivity contribution in [3.63, 3.8) is 0 Å². The maximum Gasteiger partial charge on any atom is -0.00501 e. The van der Waals surface area contributed by atoms with Gasteiger partial charge in [-0.15, -0.1) is 0 Å². The molecule has 15 heavy (non-hydrogen) atoms. The van der Waals surface area contributed by atoms with Crippen LogP contribution in [0.2, 0.25) is 0 Å². The van der Waals surface area contributed by atoms with Crippen LogP contribution in [-0.4, -0.2) is 0 Å². The maximum atomic E-state index is 2.33. The quantitative estimate of drug-likeness (QED) is 0.619. The Labute approximate surface area is 92.3 Å². The van der Waals surface area contributed by atoms with Gasteiger partial charge in [-0.2, -0.15) is 0 Å². The lowest BCUT2D eigenvalue weighted by molar-refractivity contribution is 0.632. The van der Waals surface area contributed by atoms with Crippen molar-refractivity contribution in [3.8, 4) is 0 Å². The summed E-state index contributed by atoms with van der Waals surface area (Å²) >= 11 is 0. The molecule has 78 valence electrons. The van der Waals surface area contributed by atoms with E-state index in [-0.39, 0.29) is 0 Å². The third kappa shape index (κ3) is 3.09. The van der Waals surface area contributed by atoms with Crippen LogP contribution in [0.1, 0.15) is 30.4 Å². The molecule has 0 fully saturated rings. The van der Waals surface area contributed by atoms with Crippen LogP contribution in [0.5, 0.6) is 0 Å². The highest BCUT2D eigenvalue weighted by atomic mass is 14.1. The van der Waals surface area contributed by atoms with Crippen LogP contribution in [0, 0.1) is 12.8 Å². The highest BCUT2D eigenvalue weighted by Gasteiger charge is 2.03. The topological polar surface area (TPSA) is 0 Å². The monoisotopic (exact) mass is 198 g/mol. The molecular formula is C15H18. The summed E-state index contributed by atoms with van der Waals surface area (Å²) < 4.78 is 0. The molecule has 0 saturated heterocycles. The summed E-state index contributed by atoms with van der Waals surface area (Å²) in [6.07, 6.45) is 13.1. The fourth-order valence-electron chi connectivity index (χ4n) is 1.91. The second-order valence-corrected chi connectivity index (χ2v) is 4.29. The van der Waals surface area contributed by atoms with Gasteiger partial charge in [-0.25, -0.2) is 0 Å². The van der Waals surface area contributed by atoms with Crippen LogP contribution < -0.4 is 0 Å². The third-order valence-corrected chi connectivity index (χ3v) is 2.90. The van der Waals surface area contributed by atoms with Gasteiger partial charge < -0.3 is 0 Å². The molecule has 0 radical (unpaired) electrons. The number of benzene rings is 1. The molecule has 0 heteroatoms. The van der Waals surface area contributed by atoms with E-state index in [1.807, 2.05) is 0 Å². The molecule has 1 atom stereocenters. The smallest absolute Gasteiger partial charge is 0.00501 e. The van der Waals surface area contributed by atoms with Crippen molar-refractivity contribution in [1.82, 2.24) is 0 Å². The SMILES string of the molecule is Cc1ccc(C=CC2C=CCCC2)cc1. The maximum absolute atomic E-state index is 2.33. The van der Waals surface area contributed by atoms with Crippen LogP contribution in [0.15, 0.2) is 42.5 Å². The lowest BCUT2D eigenvalue weighted by Crippen LogP contribution is -1.95. The average molecular weight is 198 g/mol. The zero-order chi connectivity index (χ0) is 10.5. The molecule has 0 spiro atoms. The van der Waals surface area contributed by atoms with Crippen molar-refractivity contribution in [2.24, 2.45) is 5.92 Å². The number of aryl methyl sites for hydroxylation is 1. The minimum absolute atomic E-state index is 0.653. The van der Waals surface area contributed by atoms with Gasteiger partial charge in [0.15, 0.2) is 0 Å². The molecule has 0 aliphatic heterocycles. The number of hydrogen-bond donors (Lipinski definition) is 0. The van der Waals surface area contributed by atoms with E-state index in [0.29, 0.717) is 5.92 Å². The van der Waals surface area contributed by atoms with Gasteiger partial charge in [-0.05, 0) is 37.7 Å². The Balaban J connectivity index is 2.01. The lowest BCUT2D eigenvalue weighted by atomic mass is 9.95. The van der Waals surface area contributed by atoms with Gasteiger partial charge in [0.25, 0.3) is 0 Å². The Hall–Kier alpha value is -1.30. The molecule has 0 heterocycles. The Morgan fingerprint density at radius 2 is 2.00 bits per heavy atom. The van der Waals surface area contributed by atoms with Crippen molar-refractivity contribution in [2.45, 2.75) is 26.2 Å². The van der Waals surface area contributed by atoms with E-state index < -0.39 is 0 Å². The summed E-state index contributed by atoms with van der Waals surface area (Å²) in [4.78, 5) is 0. The van der Waals surface area contributed by atoms with Crippen LogP contribution in [0.25, 0.3) is 6.08 Å². The number of rotatable bonds is 2.